The van der Waals surface area contributed by atoms with Gasteiger partial charge in [0.05, 0.1) is 0 Å². The minimum absolute atomic E-state index is 0.0980. The van der Waals surface area contributed by atoms with E-state index in [1.54, 1.807) is 11.0 Å². The van der Waals surface area contributed by atoms with Crippen LogP contribution in [0.4, 0.5) is 0 Å². The van der Waals surface area contributed by atoms with E-state index in [4.69, 9.17) is 4.74 Å². The third kappa shape index (κ3) is 5.35. The first kappa shape index (κ1) is 16.3. The van der Waals surface area contributed by atoms with Gasteiger partial charge in [0, 0.05) is 19.2 Å². The Morgan fingerprint density at radius 1 is 1.18 bits per heavy atom. The van der Waals surface area contributed by atoms with Gasteiger partial charge in [-0.25, -0.2) is 4.79 Å². The lowest BCUT2D eigenvalue weighted by Gasteiger charge is -2.19. The van der Waals surface area contributed by atoms with Crippen LogP contribution in [0, 0.1) is 6.92 Å². The van der Waals surface area contributed by atoms with E-state index in [9.17, 15) is 9.59 Å². The first-order chi connectivity index (χ1) is 10.6. The Labute approximate surface area is 131 Å². The molecule has 4 heteroatoms. The van der Waals surface area contributed by atoms with E-state index < -0.39 is 5.97 Å². The Morgan fingerprint density at radius 3 is 2.59 bits per heavy atom. The zero-order valence-electron chi connectivity index (χ0n) is 13.1. The number of amides is 1. The number of nitrogens with zero attached hydrogens (tertiary/aromatic N) is 1. The van der Waals surface area contributed by atoms with E-state index in [-0.39, 0.29) is 12.5 Å². The smallest absolute Gasteiger partial charge is 0.331 e. The lowest BCUT2D eigenvalue weighted by molar-refractivity contribution is -0.148. The quantitative estimate of drug-likeness (QED) is 0.634. The Kier molecular flexibility index (Phi) is 6.19. The summed E-state index contributed by atoms with van der Waals surface area (Å²) in [4.78, 5) is 25.5. The van der Waals surface area contributed by atoms with Crippen LogP contribution < -0.4 is 0 Å². The van der Waals surface area contributed by atoms with Crippen molar-refractivity contribution >= 4 is 18.0 Å². The van der Waals surface area contributed by atoms with Crippen LogP contribution in [0.5, 0.6) is 0 Å². The van der Waals surface area contributed by atoms with Crippen molar-refractivity contribution in [3.63, 3.8) is 0 Å². The second-order valence-corrected chi connectivity index (χ2v) is 5.65. The largest absolute Gasteiger partial charge is 0.452 e. The van der Waals surface area contributed by atoms with E-state index in [1.807, 2.05) is 31.2 Å². The monoisotopic (exact) mass is 301 g/mol. The fraction of sp³-hybridized carbons (Fsp3) is 0.444. The summed E-state index contributed by atoms with van der Waals surface area (Å²) in [6, 6.07) is 7.82. The summed E-state index contributed by atoms with van der Waals surface area (Å²) in [5.41, 5.74) is 2.07. The maximum atomic E-state index is 12.0. The lowest BCUT2D eigenvalue weighted by Crippen LogP contribution is -2.35. The molecular weight excluding hydrogens is 278 g/mol. The Morgan fingerprint density at radius 2 is 1.91 bits per heavy atom. The third-order valence-electron chi connectivity index (χ3n) is 3.75. The maximum Gasteiger partial charge on any atom is 0.331 e. The number of carbonyl (C=O) groups excluding carboxylic acids is 2. The summed E-state index contributed by atoms with van der Waals surface area (Å²) < 4.78 is 5.03. The van der Waals surface area contributed by atoms with Crippen molar-refractivity contribution in [3.05, 3.63) is 41.5 Å². The molecule has 2 rings (SSSR count). The van der Waals surface area contributed by atoms with Gasteiger partial charge >= 0.3 is 5.97 Å². The molecule has 1 aromatic rings. The second-order valence-electron chi connectivity index (χ2n) is 5.65. The molecule has 118 valence electrons. The minimum Gasteiger partial charge on any atom is -0.452 e. The zero-order chi connectivity index (χ0) is 15.8. The number of rotatable bonds is 4. The SMILES string of the molecule is Cc1cccc(C=CC(=O)OCC(=O)N2CCCCCC2)c1. The summed E-state index contributed by atoms with van der Waals surface area (Å²) in [7, 11) is 0. The van der Waals surface area contributed by atoms with E-state index in [2.05, 4.69) is 0 Å². The molecule has 1 saturated heterocycles. The predicted octanol–water partition coefficient (Wildman–Crippen LogP) is 2.95. The highest BCUT2D eigenvalue weighted by molar-refractivity contribution is 5.89. The van der Waals surface area contributed by atoms with Crippen LogP contribution in [0.2, 0.25) is 0 Å². The van der Waals surface area contributed by atoms with Crippen molar-refractivity contribution in [1.29, 1.82) is 0 Å². The van der Waals surface area contributed by atoms with Crippen molar-refractivity contribution in [3.8, 4) is 0 Å². The van der Waals surface area contributed by atoms with E-state index in [0.29, 0.717) is 0 Å². The Bertz CT molecular complexity index is 543. The van der Waals surface area contributed by atoms with Gasteiger partial charge in [-0.15, -0.1) is 0 Å². The maximum absolute atomic E-state index is 12.0. The van der Waals surface area contributed by atoms with Gasteiger partial charge in [-0.2, -0.15) is 0 Å². The fourth-order valence-electron chi connectivity index (χ4n) is 2.53. The van der Waals surface area contributed by atoms with Crippen LogP contribution in [0.1, 0.15) is 36.8 Å². The predicted molar refractivity (Wildman–Crippen MR) is 86.2 cm³/mol. The molecule has 0 saturated carbocycles. The number of aryl methyl sites for hydroxylation is 1. The average molecular weight is 301 g/mol. The number of hydrogen-bond donors (Lipinski definition) is 0. The first-order valence-electron chi connectivity index (χ1n) is 7.84. The number of carbonyl (C=O) groups is 2. The molecule has 1 fully saturated rings. The van der Waals surface area contributed by atoms with Crippen LogP contribution >= 0.6 is 0 Å². The fourth-order valence-corrected chi connectivity index (χ4v) is 2.53. The van der Waals surface area contributed by atoms with Gasteiger partial charge in [-0.05, 0) is 31.4 Å². The Balaban J connectivity index is 1.78. The summed E-state index contributed by atoms with van der Waals surface area (Å²) in [5, 5.41) is 0. The molecule has 4 nitrogen and oxygen atoms in total. The summed E-state index contributed by atoms with van der Waals surface area (Å²) in [6.45, 7) is 3.37. The van der Waals surface area contributed by atoms with Crippen molar-refractivity contribution in [2.24, 2.45) is 0 Å². The summed E-state index contributed by atoms with van der Waals surface area (Å²) >= 11 is 0. The topological polar surface area (TPSA) is 46.6 Å². The molecule has 0 aliphatic carbocycles. The number of hydrogen-bond acceptors (Lipinski definition) is 3. The van der Waals surface area contributed by atoms with Crippen molar-refractivity contribution in [2.75, 3.05) is 19.7 Å². The van der Waals surface area contributed by atoms with Crippen LogP contribution in [0.15, 0.2) is 30.3 Å². The lowest BCUT2D eigenvalue weighted by atomic mass is 10.1. The van der Waals surface area contributed by atoms with Gasteiger partial charge < -0.3 is 9.64 Å². The highest BCUT2D eigenvalue weighted by Crippen LogP contribution is 2.10. The van der Waals surface area contributed by atoms with Gasteiger partial charge in [-0.1, -0.05) is 42.7 Å². The van der Waals surface area contributed by atoms with E-state index in [1.165, 1.54) is 18.9 Å². The molecule has 0 aromatic heterocycles. The molecule has 22 heavy (non-hydrogen) atoms. The number of benzene rings is 1. The number of esters is 1. The molecule has 0 atom stereocenters. The first-order valence-corrected chi connectivity index (χ1v) is 7.84. The highest BCUT2D eigenvalue weighted by atomic mass is 16.5. The highest BCUT2D eigenvalue weighted by Gasteiger charge is 2.16. The van der Waals surface area contributed by atoms with Crippen LogP contribution in [-0.2, 0) is 14.3 Å². The molecule has 1 aliphatic rings. The van der Waals surface area contributed by atoms with Crippen LogP contribution in [0.25, 0.3) is 6.08 Å². The third-order valence-corrected chi connectivity index (χ3v) is 3.75. The average Bonchev–Trinajstić information content (AvgIpc) is 2.80. The van der Waals surface area contributed by atoms with E-state index in [0.717, 1.165) is 37.1 Å². The second kappa shape index (κ2) is 8.37. The van der Waals surface area contributed by atoms with Crippen LogP contribution in [-0.4, -0.2) is 36.5 Å². The van der Waals surface area contributed by atoms with Crippen molar-refractivity contribution in [1.82, 2.24) is 4.90 Å². The summed E-state index contributed by atoms with van der Waals surface area (Å²) in [6.07, 6.45) is 7.47. The molecule has 1 amide bonds. The van der Waals surface area contributed by atoms with Crippen LogP contribution in [0.3, 0.4) is 0 Å². The molecule has 1 aliphatic heterocycles. The summed E-state index contributed by atoms with van der Waals surface area (Å²) in [5.74, 6) is -0.580. The molecule has 0 bridgehead atoms. The van der Waals surface area contributed by atoms with Gasteiger partial charge in [-0.3, -0.25) is 4.79 Å². The molecule has 0 radical (unpaired) electrons. The molecule has 1 aromatic carbocycles. The van der Waals surface area contributed by atoms with Crippen molar-refractivity contribution in [2.45, 2.75) is 32.6 Å². The van der Waals surface area contributed by atoms with E-state index >= 15 is 0 Å². The van der Waals surface area contributed by atoms with Gasteiger partial charge in [0.15, 0.2) is 6.61 Å². The molecule has 0 unspecified atom stereocenters. The zero-order valence-corrected chi connectivity index (χ0v) is 13.1. The standard InChI is InChI=1S/C18H23NO3/c1-15-7-6-8-16(13-15)9-10-18(21)22-14-17(20)19-11-4-2-3-5-12-19/h6-10,13H,2-5,11-12,14H2,1H3. The van der Waals surface area contributed by atoms with Gasteiger partial charge in [0.1, 0.15) is 0 Å². The van der Waals surface area contributed by atoms with Crippen molar-refractivity contribution < 1.29 is 14.3 Å². The number of ether oxygens (including phenoxy) is 1. The molecule has 0 N–H and O–H groups in total. The van der Waals surface area contributed by atoms with Gasteiger partial charge in [0.25, 0.3) is 5.91 Å². The minimum atomic E-state index is -0.482. The normalized spacial score (nSPS) is 15.6. The molecule has 1 heterocycles. The van der Waals surface area contributed by atoms with Gasteiger partial charge in [0.2, 0.25) is 0 Å². The number of likely N-dealkylation sites (tertiary alicyclic amines) is 1. The molecule has 0 spiro atoms. The Hall–Kier alpha value is -2.10. The molecular formula is C18H23NO3.